The highest BCUT2D eigenvalue weighted by Crippen LogP contribution is 2.20. The van der Waals surface area contributed by atoms with Gasteiger partial charge in [-0.3, -0.25) is 4.72 Å². The summed E-state index contributed by atoms with van der Waals surface area (Å²) in [5, 5.41) is 0.373. The molecule has 7 heteroatoms. The molecule has 3 aromatic rings. The molecule has 1 N–H and O–H groups in total. The molecule has 0 amide bonds. The molecular formula is C15H12ClN3O2S. The third-order valence-corrected chi connectivity index (χ3v) is 4.64. The van der Waals surface area contributed by atoms with E-state index >= 15 is 0 Å². The summed E-state index contributed by atoms with van der Waals surface area (Å²) in [6, 6.07) is 13.1. The van der Waals surface area contributed by atoms with Crippen molar-refractivity contribution in [1.82, 2.24) is 9.55 Å². The normalized spacial score (nSPS) is 11.3. The zero-order valence-electron chi connectivity index (χ0n) is 11.3. The lowest BCUT2D eigenvalue weighted by Gasteiger charge is -2.09. The minimum absolute atomic E-state index is 0.124. The number of nitrogens with one attached hydrogen (secondary N) is 1. The molecule has 0 unspecified atom stereocenters. The summed E-state index contributed by atoms with van der Waals surface area (Å²) < 4.78 is 28.9. The van der Waals surface area contributed by atoms with Crippen LogP contribution in [0.15, 0.2) is 72.1 Å². The molecule has 0 radical (unpaired) electrons. The van der Waals surface area contributed by atoms with Gasteiger partial charge in [0.25, 0.3) is 10.0 Å². The molecule has 0 saturated carbocycles. The van der Waals surface area contributed by atoms with Crippen LogP contribution in [0.5, 0.6) is 0 Å². The number of aromatic nitrogens is 2. The third kappa shape index (κ3) is 3.13. The van der Waals surface area contributed by atoms with E-state index < -0.39 is 10.0 Å². The molecular weight excluding hydrogens is 322 g/mol. The van der Waals surface area contributed by atoms with E-state index in [1.54, 1.807) is 48.9 Å². The van der Waals surface area contributed by atoms with Gasteiger partial charge in [-0.1, -0.05) is 17.7 Å². The highest BCUT2D eigenvalue weighted by molar-refractivity contribution is 7.92. The lowest BCUT2D eigenvalue weighted by molar-refractivity contribution is 0.601. The maximum Gasteiger partial charge on any atom is 0.261 e. The van der Waals surface area contributed by atoms with Crippen LogP contribution in [0.2, 0.25) is 5.02 Å². The number of sulfonamides is 1. The number of hydrogen-bond acceptors (Lipinski definition) is 3. The van der Waals surface area contributed by atoms with Gasteiger partial charge in [-0.15, -0.1) is 0 Å². The van der Waals surface area contributed by atoms with Crippen LogP contribution in [0.4, 0.5) is 5.69 Å². The van der Waals surface area contributed by atoms with Gasteiger partial charge in [0.05, 0.1) is 11.2 Å². The molecule has 0 aliphatic rings. The Morgan fingerprint density at radius 3 is 2.50 bits per heavy atom. The average Bonchev–Trinajstić information content (AvgIpc) is 3.02. The fraction of sp³-hybridized carbons (Fsp3) is 0. The second-order valence-electron chi connectivity index (χ2n) is 4.58. The fourth-order valence-electron chi connectivity index (χ4n) is 1.96. The van der Waals surface area contributed by atoms with E-state index in [1.165, 1.54) is 12.1 Å². The Hall–Kier alpha value is -2.31. The van der Waals surface area contributed by atoms with E-state index in [1.807, 2.05) is 10.8 Å². The van der Waals surface area contributed by atoms with E-state index in [2.05, 4.69) is 9.71 Å². The molecule has 0 aliphatic carbocycles. The molecule has 0 saturated heterocycles. The Kier molecular flexibility index (Phi) is 3.87. The minimum Gasteiger partial charge on any atom is -0.306 e. The van der Waals surface area contributed by atoms with Gasteiger partial charge in [-0.05, 0) is 42.5 Å². The van der Waals surface area contributed by atoms with Gasteiger partial charge in [0.15, 0.2) is 0 Å². The zero-order valence-corrected chi connectivity index (χ0v) is 12.9. The van der Waals surface area contributed by atoms with Crippen molar-refractivity contribution in [2.24, 2.45) is 0 Å². The lowest BCUT2D eigenvalue weighted by Crippen LogP contribution is -2.12. The van der Waals surface area contributed by atoms with Gasteiger partial charge in [-0.25, -0.2) is 13.4 Å². The predicted molar refractivity (Wildman–Crippen MR) is 85.8 cm³/mol. The van der Waals surface area contributed by atoms with Crippen molar-refractivity contribution in [1.29, 1.82) is 0 Å². The first kappa shape index (κ1) is 14.6. The molecule has 0 bridgehead atoms. The van der Waals surface area contributed by atoms with Crippen molar-refractivity contribution in [3.63, 3.8) is 0 Å². The number of nitrogens with zero attached hydrogens (tertiary/aromatic N) is 2. The summed E-state index contributed by atoms with van der Waals surface area (Å²) >= 11 is 5.83. The third-order valence-electron chi connectivity index (χ3n) is 3.03. The molecule has 0 spiro atoms. The molecule has 112 valence electrons. The molecule has 2 aromatic carbocycles. The number of imidazole rings is 1. The molecule has 1 aromatic heterocycles. The van der Waals surface area contributed by atoms with E-state index in [0.29, 0.717) is 10.7 Å². The molecule has 1 heterocycles. The van der Waals surface area contributed by atoms with Crippen LogP contribution in [-0.2, 0) is 10.0 Å². The molecule has 3 rings (SSSR count). The van der Waals surface area contributed by atoms with Crippen LogP contribution >= 0.6 is 11.6 Å². The van der Waals surface area contributed by atoms with E-state index in [4.69, 9.17) is 11.6 Å². The van der Waals surface area contributed by atoms with Crippen molar-refractivity contribution in [2.75, 3.05) is 4.72 Å². The van der Waals surface area contributed by atoms with Crippen LogP contribution < -0.4 is 4.72 Å². The second-order valence-corrected chi connectivity index (χ2v) is 6.70. The summed E-state index contributed by atoms with van der Waals surface area (Å²) in [6.45, 7) is 0. The molecule has 22 heavy (non-hydrogen) atoms. The molecule has 0 aliphatic heterocycles. The first-order valence-corrected chi connectivity index (χ1v) is 8.27. The van der Waals surface area contributed by atoms with E-state index in [-0.39, 0.29) is 4.90 Å². The van der Waals surface area contributed by atoms with E-state index in [9.17, 15) is 8.42 Å². The smallest absolute Gasteiger partial charge is 0.261 e. The summed E-state index contributed by atoms with van der Waals surface area (Å²) in [6.07, 6.45) is 5.16. The standard InChI is InChI=1S/C15H12ClN3O2S/c16-12-2-1-3-15(10-12)22(20,21)18-13-4-6-14(7-5-13)19-9-8-17-11-19/h1-11,18H. The first-order chi connectivity index (χ1) is 10.5. The van der Waals surface area contributed by atoms with Gasteiger partial charge >= 0.3 is 0 Å². The first-order valence-electron chi connectivity index (χ1n) is 6.41. The van der Waals surface area contributed by atoms with Crippen molar-refractivity contribution in [2.45, 2.75) is 4.90 Å². The number of rotatable bonds is 4. The Balaban J connectivity index is 1.84. The topological polar surface area (TPSA) is 64.0 Å². The highest BCUT2D eigenvalue weighted by Gasteiger charge is 2.14. The summed E-state index contributed by atoms with van der Waals surface area (Å²) in [7, 11) is -3.66. The maximum absolute atomic E-state index is 12.3. The van der Waals surface area contributed by atoms with Crippen molar-refractivity contribution in [3.8, 4) is 5.69 Å². The highest BCUT2D eigenvalue weighted by atomic mass is 35.5. The van der Waals surface area contributed by atoms with Crippen molar-refractivity contribution in [3.05, 3.63) is 72.3 Å². The Morgan fingerprint density at radius 2 is 1.86 bits per heavy atom. The largest absolute Gasteiger partial charge is 0.306 e. The zero-order chi connectivity index (χ0) is 15.6. The SMILES string of the molecule is O=S(=O)(Nc1ccc(-n2ccnc2)cc1)c1cccc(Cl)c1. The lowest BCUT2D eigenvalue weighted by atomic mass is 10.3. The van der Waals surface area contributed by atoms with Gasteiger partial charge in [-0.2, -0.15) is 0 Å². The Morgan fingerprint density at radius 1 is 1.09 bits per heavy atom. The summed E-state index contributed by atoms with van der Waals surface area (Å²) in [5.74, 6) is 0. The van der Waals surface area contributed by atoms with Crippen molar-refractivity contribution >= 4 is 27.3 Å². The predicted octanol–water partition coefficient (Wildman–Crippen LogP) is 3.33. The van der Waals surface area contributed by atoms with Gasteiger partial charge < -0.3 is 4.57 Å². The minimum atomic E-state index is -3.66. The van der Waals surface area contributed by atoms with Gasteiger partial charge in [0, 0.05) is 28.8 Å². The van der Waals surface area contributed by atoms with E-state index in [0.717, 1.165) is 5.69 Å². The van der Waals surface area contributed by atoms with Crippen LogP contribution in [-0.4, -0.2) is 18.0 Å². The molecule has 0 fully saturated rings. The summed E-state index contributed by atoms with van der Waals surface area (Å²) in [4.78, 5) is 4.09. The summed E-state index contributed by atoms with van der Waals surface area (Å²) in [5.41, 5.74) is 1.37. The number of halogens is 1. The van der Waals surface area contributed by atoms with Crippen LogP contribution in [0.1, 0.15) is 0 Å². The van der Waals surface area contributed by atoms with Crippen LogP contribution in [0.25, 0.3) is 5.69 Å². The second kappa shape index (κ2) is 5.82. The average molecular weight is 334 g/mol. The van der Waals surface area contributed by atoms with Crippen molar-refractivity contribution < 1.29 is 8.42 Å². The Labute approximate surface area is 133 Å². The maximum atomic E-state index is 12.3. The van der Waals surface area contributed by atoms with Gasteiger partial charge in [0.1, 0.15) is 0 Å². The number of benzene rings is 2. The monoisotopic (exact) mass is 333 g/mol. The number of anilines is 1. The van der Waals surface area contributed by atoms with Gasteiger partial charge in [0.2, 0.25) is 0 Å². The number of hydrogen-bond donors (Lipinski definition) is 1. The molecule has 0 atom stereocenters. The quantitative estimate of drug-likeness (QED) is 0.796. The Bertz CT molecular complexity index is 875. The fourth-order valence-corrected chi connectivity index (χ4v) is 3.32. The van der Waals surface area contributed by atoms with Crippen LogP contribution in [0, 0.1) is 0 Å². The molecule has 5 nitrogen and oxygen atoms in total. The van der Waals surface area contributed by atoms with Crippen LogP contribution in [0.3, 0.4) is 0 Å².